The fourth-order valence-electron chi connectivity index (χ4n) is 4.78. The highest BCUT2D eigenvalue weighted by Crippen LogP contribution is 2.28. The third-order valence-corrected chi connectivity index (χ3v) is 6.86. The number of nitrogens with zero attached hydrogens (tertiary/aromatic N) is 6. The average Bonchev–Trinajstić information content (AvgIpc) is 3.37. The lowest BCUT2D eigenvalue weighted by molar-refractivity contribution is -0.0682. The van der Waals surface area contributed by atoms with Crippen LogP contribution in [-0.4, -0.2) is 73.7 Å². The van der Waals surface area contributed by atoms with Crippen molar-refractivity contribution in [2.45, 2.75) is 12.6 Å². The number of hydrogen-bond donors (Lipinski definition) is 1. The molecule has 0 radical (unpaired) electrons. The van der Waals surface area contributed by atoms with Crippen LogP contribution in [0.5, 0.6) is 5.88 Å². The SMILES string of the molecule is Cn1ncc2c1OCCN(C1COC1)CCn1c(nc3ccccc31)NC(=O)c1cc-2c(=O)n(C)c1. The Morgan fingerprint density at radius 1 is 1.06 bits per heavy atom. The maximum absolute atomic E-state index is 13.4. The first-order chi connectivity index (χ1) is 17.5. The van der Waals surface area contributed by atoms with Crippen LogP contribution in [0, 0.1) is 0 Å². The molecule has 36 heavy (non-hydrogen) atoms. The Hall–Kier alpha value is -3.96. The number of ether oxygens (including phenoxy) is 2. The first kappa shape index (κ1) is 22.5. The van der Waals surface area contributed by atoms with Crippen LogP contribution in [0.25, 0.3) is 22.2 Å². The summed E-state index contributed by atoms with van der Waals surface area (Å²) >= 11 is 0. The van der Waals surface area contributed by atoms with Crippen LogP contribution in [0.4, 0.5) is 5.95 Å². The van der Waals surface area contributed by atoms with Gasteiger partial charge in [-0.1, -0.05) is 12.1 Å². The minimum absolute atomic E-state index is 0.241. The van der Waals surface area contributed by atoms with Gasteiger partial charge in [0.1, 0.15) is 6.61 Å². The molecule has 0 saturated carbocycles. The van der Waals surface area contributed by atoms with E-state index in [9.17, 15) is 9.59 Å². The van der Waals surface area contributed by atoms with E-state index in [4.69, 9.17) is 14.5 Å². The van der Waals surface area contributed by atoms with Gasteiger partial charge in [0, 0.05) is 39.9 Å². The van der Waals surface area contributed by atoms with E-state index in [1.165, 1.54) is 10.8 Å². The second kappa shape index (κ2) is 8.92. The number of amides is 1. The van der Waals surface area contributed by atoms with Gasteiger partial charge in [0.2, 0.25) is 11.8 Å². The van der Waals surface area contributed by atoms with Gasteiger partial charge in [-0.2, -0.15) is 5.10 Å². The molecule has 1 saturated heterocycles. The lowest BCUT2D eigenvalue weighted by Gasteiger charge is -2.37. The number of para-hydroxylation sites is 2. The summed E-state index contributed by atoms with van der Waals surface area (Å²) < 4.78 is 16.7. The zero-order valence-corrected chi connectivity index (χ0v) is 20.2. The summed E-state index contributed by atoms with van der Waals surface area (Å²) in [6.07, 6.45) is 3.13. The molecule has 4 aromatic rings. The molecular formula is C25H27N7O4. The second-order valence-electron chi connectivity index (χ2n) is 9.15. The molecule has 186 valence electrons. The van der Waals surface area contributed by atoms with Crippen molar-refractivity contribution in [3.05, 3.63) is 58.6 Å². The van der Waals surface area contributed by atoms with Gasteiger partial charge in [-0.3, -0.25) is 19.8 Å². The second-order valence-corrected chi connectivity index (χ2v) is 9.15. The van der Waals surface area contributed by atoms with Gasteiger partial charge in [-0.15, -0.1) is 0 Å². The summed E-state index contributed by atoms with van der Waals surface area (Å²) in [4.78, 5) is 33.5. The summed E-state index contributed by atoms with van der Waals surface area (Å²) in [5.41, 5.74) is 2.74. The van der Waals surface area contributed by atoms with E-state index < -0.39 is 0 Å². The predicted octanol–water partition coefficient (Wildman–Crippen LogP) is 1.48. The smallest absolute Gasteiger partial charge is 0.259 e. The summed E-state index contributed by atoms with van der Waals surface area (Å²) in [5, 5.41) is 7.29. The van der Waals surface area contributed by atoms with E-state index in [0.717, 1.165) is 17.6 Å². The van der Waals surface area contributed by atoms with Crippen LogP contribution in [0.15, 0.2) is 47.5 Å². The Morgan fingerprint density at radius 2 is 1.89 bits per heavy atom. The monoisotopic (exact) mass is 489 g/mol. The molecule has 1 N–H and O–H groups in total. The van der Waals surface area contributed by atoms with Crippen LogP contribution in [-0.2, 0) is 25.4 Å². The van der Waals surface area contributed by atoms with Crippen LogP contribution in [0.2, 0.25) is 0 Å². The van der Waals surface area contributed by atoms with Gasteiger partial charge in [0.25, 0.3) is 11.5 Å². The average molecular weight is 490 g/mol. The molecule has 1 aromatic carbocycles. The minimum Gasteiger partial charge on any atom is -0.476 e. The fourth-order valence-corrected chi connectivity index (χ4v) is 4.78. The van der Waals surface area contributed by atoms with E-state index in [1.807, 2.05) is 28.8 Å². The summed E-state index contributed by atoms with van der Waals surface area (Å²) in [6.45, 7) is 3.79. The quantitative estimate of drug-likeness (QED) is 0.432. The third kappa shape index (κ3) is 3.86. The molecule has 0 spiro atoms. The Bertz CT molecular complexity index is 1510. The Labute approximate surface area is 206 Å². The van der Waals surface area contributed by atoms with Gasteiger partial charge >= 0.3 is 0 Å². The number of carbonyl (C=O) groups is 1. The number of fused-ring (bicyclic) bond motifs is 7. The van der Waals surface area contributed by atoms with E-state index >= 15 is 0 Å². The number of carbonyl (C=O) groups excluding carboxylic acids is 1. The van der Waals surface area contributed by atoms with Gasteiger partial charge in [0.05, 0.1) is 53.2 Å². The number of aromatic nitrogens is 5. The Balaban J connectivity index is 1.47. The number of anilines is 1. The van der Waals surface area contributed by atoms with Gasteiger partial charge in [0.15, 0.2) is 0 Å². The molecule has 1 amide bonds. The highest BCUT2D eigenvalue weighted by molar-refractivity contribution is 6.04. The van der Waals surface area contributed by atoms with E-state index in [0.29, 0.717) is 67.5 Å². The van der Waals surface area contributed by atoms with Gasteiger partial charge in [-0.05, 0) is 18.2 Å². The molecule has 11 nitrogen and oxygen atoms in total. The molecule has 0 unspecified atom stereocenters. The molecule has 5 heterocycles. The van der Waals surface area contributed by atoms with Gasteiger partial charge in [-0.25, -0.2) is 9.67 Å². The zero-order valence-electron chi connectivity index (χ0n) is 20.2. The Kier molecular flexibility index (Phi) is 5.57. The maximum atomic E-state index is 13.4. The number of imidazole rings is 1. The molecular weight excluding hydrogens is 462 g/mol. The fraction of sp³-hybridized carbons (Fsp3) is 0.360. The van der Waals surface area contributed by atoms with Gasteiger partial charge < -0.3 is 18.6 Å². The number of rotatable bonds is 1. The van der Waals surface area contributed by atoms with Crippen molar-refractivity contribution in [2.24, 2.45) is 14.1 Å². The Morgan fingerprint density at radius 3 is 2.69 bits per heavy atom. The standard InChI is InChI=1S/C25H27N7O4/c1-29-13-16-11-18(23(29)34)19-12-26-30(2)24(19)36-10-9-31(17-14-35-15-17)7-8-32-21-6-4-3-5-20(21)27-25(32)28-22(16)33/h3-6,11-13,17H,7-10,14-15H2,1-2H3,(H,27,28,33). The maximum Gasteiger partial charge on any atom is 0.259 e. The number of nitrogens with one attached hydrogen (secondary N) is 1. The first-order valence-electron chi connectivity index (χ1n) is 11.9. The normalized spacial score (nSPS) is 17.3. The molecule has 11 heteroatoms. The topological polar surface area (TPSA) is 108 Å². The molecule has 2 aliphatic heterocycles. The van der Waals surface area contributed by atoms with Crippen molar-refractivity contribution in [2.75, 3.05) is 38.2 Å². The number of benzene rings is 1. The molecule has 6 rings (SSSR count). The highest BCUT2D eigenvalue weighted by Gasteiger charge is 2.27. The first-order valence-corrected chi connectivity index (χ1v) is 11.9. The lowest BCUT2D eigenvalue weighted by atomic mass is 10.1. The van der Waals surface area contributed by atoms with Crippen molar-refractivity contribution in [3.8, 4) is 17.0 Å². The highest BCUT2D eigenvalue weighted by atomic mass is 16.5. The van der Waals surface area contributed by atoms with Crippen molar-refractivity contribution in [1.29, 1.82) is 0 Å². The van der Waals surface area contributed by atoms with Crippen LogP contribution in [0.3, 0.4) is 0 Å². The largest absolute Gasteiger partial charge is 0.476 e. The van der Waals surface area contributed by atoms with Crippen molar-refractivity contribution < 1.29 is 14.3 Å². The molecule has 3 aromatic heterocycles. The van der Waals surface area contributed by atoms with Crippen molar-refractivity contribution in [1.82, 2.24) is 28.8 Å². The lowest BCUT2D eigenvalue weighted by Crippen LogP contribution is -2.51. The molecule has 2 aliphatic rings. The number of aryl methyl sites for hydroxylation is 2. The molecule has 0 aliphatic carbocycles. The van der Waals surface area contributed by atoms with Crippen molar-refractivity contribution >= 4 is 22.9 Å². The summed E-state index contributed by atoms with van der Waals surface area (Å²) in [7, 11) is 3.40. The summed E-state index contributed by atoms with van der Waals surface area (Å²) in [6, 6.07) is 9.71. The number of pyridine rings is 1. The van der Waals surface area contributed by atoms with Crippen LogP contribution < -0.4 is 15.6 Å². The predicted molar refractivity (Wildman–Crippen MR) is 133 cm³/mol. The van der Waals surface area contributed by atoms with E-state index in [1.54, 1.807) is 31.0 Å². The van der Waals surface area contributed by atoms with E-state index in [-0.39, 0.29) is 11.5 Å². The molecule has 2 bridgehead atoms. The van der Waals surface area contributed by atoms with Crippen LogP contribution in [0.1, 0.15) is 10.4 Å². The zero-order chi connectivity index (χ0) is 24.8. The molecule has 1 fully saturated rings. The summed E-state index contributed by atoms with van der Waals surface area (Å²) in [5.74, 6) is 0.603. The minimum atomic E-state index is -0.353. The van der Waals surface area contributed by atoms with Crippen LogP contribution >= 0.6 is 0 Å². The van der Waals surface area contributed by atoms with Crippen molar-refractivity contribution in [3.63, 3.8) is 0 Å². The third-order valence-electron chi connectivity index (χ3n) is 6.86. The number of hydrogen-bond acceptors (Lipinski definition) is 7. The molecule has 0 atom stereocenters. The van der Waals surface area contributed by atoms with E-state index in [2.05, 4.69) is 15.3 Å².